The van der Waals surface area contributed by atoms with Gasteiger partial charge in [-0.1, -0.05) is 12.1 Å². The Balaban J connectivity index is 1.90. The van der Waals surface area contributed by atoms with E-state index in [0.717, 1.165) is 25.7 Å². The fourth-order valence-corrected chi connectivity index (χ4v) is 2.94. The van der Waals surface area contributed by atoms with Crippen LogP contribution in [0.1, 0.15) is 53.9 Å². The second kappa shape index (κ2) is 6.55. The van der Waals surface area contributed by atoms with Gasteiger partial charge in [0.15, 0.2) is 0 Å². The van der Waals surface area contributed by atoms with Gasteiger partial charge in [0.2, 0.25) is 5.91 Å². The molecular formula is C16H21NO3. The van der Waals surface area contributed by atoms with Gasteiger partial charge < -0.3 is 10.5 Å². The molecule has 1 fully saturated rings. The van der Waals surface area contributed by atoms with Crippen LogP contribution in [0.25, 0.3) is 0 Å². The van der Waals surface area contributed by atoms with E-state index in [4.69, 9.17) is 10.5 Å². The molecule has 0 unspecified atom stereocenters. The van der Waals surface area contributed by atoms with Crippen LogP contribution in [-0.4, -0.2) is 19.0 Å². The Hall–Kier alpha value is -1.84. The second-order valence-corrected chi connectivity index (χ2v) is 5.48. The van der Waals surface area contributed by atoms with Gasteiger partial charge in [0.05, 0.1) is 7.11 Å². The van der Waals surface area contributed by atoms with Gasteiger partial charge in [-0.2, -0.15) is 0 Å². The fourth-order valence-electron chi connectivity index (χ4n) is 2.94. The van der Waals surface area contributed by atoms with Gasteiger partial charge >= 0.3 is 5.97 Å². The van der Waals surface area contributed by atoms with Crippen LogP contribution in [0.15, 0.2) is 24.3 Å². The maximum absolute atomic E-state index is 11.3. The number of amides is 1. The van der Waals surface area contributed by atoms with Crippen LogP contribution >= 0.6 is 0 Å². The highest BCUT2D eigenvalue weighted by atomic mass is 16.5. The maximum Gasteiger partial charge on any atom is 0.305 e. The third-order valence-corrected chi connectivity index (χ3v) is 4.20. The lowest BCUT2D eigenvalue weighted by Gasteiger charge is -2.28. The molecule has 2 N–H and O–H groups in total. The van der Waals surface area contributed by atoms with E-state index in [1.165, 1.54) is 12.7 Å². The monoisotopic (exact) mass is 275 g/mol. The van der Waals surface area contributed by atoms with Crippen LogP contribution < -0.4 is 5.73 Å². The van der Waals surface area contributed by atoms with Crippen molar-refractivity contribution in [1.29, 1.82) is 0 Å². The molecule has 1 aromatic carbocycles. The number of primary amides is 1. The number of rotatable bonds is 4. The molecule has 0 heterocycles. The highest BCUT2D eigenvalue weighted by Gasteiger charge is 2.24. The molecule has 2 rings (SSSR count). The number of hydrogen-bond acceptors (Lipinski definition) is 3. The van der Waals surface area contributed by atoms with E-state index in [-0.39, 0.29) is 5.97 Å². The molecule has 0 atom stereocenters. The van der Waals surface area contributed by atoms with E-state index in [0.29, 0.717) is 23.8 Å². The van der Waals surface area contributed by atoms with Crippen molar-refractivity contribution >= 4 is 11.9 Å². The summed E-state index contributed by atoms with van der Waals surface area (Å²) in [7, 11) is 1.44. The van der Waals surface area contributed by atoms with Crippen molar-refractivity contribution in [2.75, 3.05) is 7.11 Å². The molecule has 0 saturated heterocycles. The third kappa shape index (κ3) is 3.59. The number of esters is 1. The van der Waals surface area contributed by atoms with Crippen molar-refractivity contribution < 1.29 is 14.3 Å². The molecular weight excluding hydrogens is 254 g/mol. The van der Waals surface area contributed by atoms with Gasteiger partial charge in [-0.3, -0.25) is 9.59 Å². The molecule has 1 saturated carbocycles. The minimum Gasteiger partial charge on any atom is -0.469 e. The normalized spacial score (nSPS) is 22.2. The number of carbonyl (C=O) groups excluding carboxylic acids is 2. The molecule has 4 heteroatoms. The number of methoxy groups -OCH3 is 1. The first-order valence-electron chi connectivity index (χ1n) is 7.06. The number of hydrogen-bond donors (Lipinski definition) is 1. The molecule has 1 aromatic rings. The smallest absolute Gasteiger partial charge is 0.305 e. The Labute approximate surface area is 119 Å². The molecule has 108 valence electrons. The summed E-state index contributed by atoms with van der Waals surface area (Å²) in [6.07, 6.45) is 4.80. The lowest BCUT2D eigenvalue weighted by Crippen LogP contribution is -2.17. The Kier molecular flexibility index (Phi) is 4.77. The first-order valence-corrected chi connectivity index (χ1v) is 7.06. The standard InChI is InChI=1S/C16H21NO3/c1-20-15(18)10-11-2-4-12(5-3-11)13-6-8-14(9-7-13)16(17)19/h6-9,11-12H,2-5,10H2,1H3,(H2,17,19). The van der Waals surface area contributed by atoms with Gasteiger partial charge in [-0.05, 0) is 55.2 Å². The number of carbonyl (C=O) groups is 2. The SMILES string of the molecule is COC(=O)CC1CCC(c2ccc(C(N)=O)cc2)CC1. The van der Waals surface area contributed by atoms with Crippen LogP contribution in [-0.2, 0) is 9.53 Å². The summed E-state index contributed by atoms with van der Waals surface area (Å²) in [6.45, 7) is 0. The molecule has 0 radical (unpaired) electrons. The fraction of sp³-hybridized carbons (Fsp3) is 0.500. The summed E-state index contributed by atoms with van der Waals surface area (Å²) in [5, 5.41) is 0. The zero-order valence-corrected chi connectivity index (χ0v) is 11.8. The summed E-state index contributed by atoms with van der Waals surface area (Å²) in [5.41, 5.74) is 7.04. The third-order valence-electron chi connectivity index (χ3n) is 4.20. The van der Waals surface area contributed by atoms with E-state index in [2.05, 4.69) is 0 Å². The van der Waals surface area contributed by atoms with Gasteiger partial charge in [0.25, 0.3) is 0 Å². The van der Waals surface area contributed by atoms with Crippen LogP contribution in [0.5, 0.6) is 0 Å². The van der Waals surface area contributed by atoms with Crippen molar-refractivity contribution in [3.8, 4) is 0 Å². The Morgan fingerprint density at radius 1 is 1.15 bits per heavy atom. The Morgan fingerprint density at radius 2 is 1.75 bits per heavy atom. The van der Waals surface area contributed by atoms with Gasteiger partial charge in [-0.25, -0.2) is 0 Å². The van der Waals surface area contributed by atoms with Crippen LogP contribution in [0.2, 0.25) is 0 Å². The van der Waals surface area contributed by atoms with E-state index < -0.39 is 5.91 Å². The largest absolute Gasteiger partial charge is 0.469 e. The van der Waals surface area contributed by atoms with Crippen molar-refractivity contribution in [2.24, 2.45) is 11.7 Å². The van der Waals surface area contributed by atoms with E-state index in [9.17, 15) is 9.59 Å². The van der Waals surface area contributed by atoms with Gasteiger partial charge in [0.1, 0.15) is 0 Å². The molecule has 0 aliphatic heterocycles. The predicted octanol–water partition coefficient (Wildman–Crippen LogP) is 2.62. The first kappa shape index (κ1) is 14.6. The lowest BCUT2D eigenvalue weighted by molar-refractivity contribution is -0.142. The molecule has 1 amide bonds. The summed E-state index contributed by atoms with van der Waals surface area (Å²) in [4.78, 5) is 22.3. The number of benzene rings is 1. The van der Waals surface area contributed by atoms with Crippen LogP contribution in [0, 0.1) is 5.92 Å². The quantitative estimate of drug-likeness (QED) is 0.859. The molecule has 0 aromatic heterocycles. The Morgan fingerprint density at radius 3 is 2.25 bits per heavy atom. The highest BCUT2D eigenvalue weighted by Crippen LogP contribution is 2.37. The average Bonchev–Trinajstić information content (AvgIpc) is 2.48. The first-order chi connectivity index (χ1) is 9.60. The van der Waals surface area contributed by atoms with Gasteiger partial charge in [0, 0.05) is 12.0 Å². The molecule has 0 spiro atoms. The average molecular weight is 275 g/mol. The Bertz CT molecular complexity index is 473. The number of nitrogens with two attached hydrogens (primary N) is 1. The van der Waals surface area contributed by atoms with Crippen molar-refractivity contribution in [2.45, 2.75) is 38.0 Å². The summed E-state index contributed by atoms with van der Waals surface area (Å²) >= 11 is 0. The lowest BCUT2D eigenvalue weighted by atomic mass is 9.77. The molecule has 1 aliphatic carbocycles. The van der Waals surface area contributed by atoms with Crippen molar-refractivity contribution in [3.05, 3.63) is 35.4 Å². The maximum atomic E-state index is 11.3. The zero-order chi connectivity index (χ0) is 14.5. The van der Waals surface area contributed by atoms with Crippen molar-refractivity contribution in [3.63, 3.8) is 0 Å². The predicted molar refractivity (Wildman–Crippen MR) is 76.3 cm³/mol. The summed E-state index contributed by atoms with van der Waals surface area (Å²) in [5.74, 6) is 0.465. The zero-order valence-electron chi connectivity index (χ0n) is 11.8. The molecule has 0 bridgehead atoms. The highest BCUT2D eigenvalue weighted by molar-refractivity contribution is 5.92. The minimum absolute atomic E-state index is 0.112. The molecule has 4 nitrogen and oxygen atoms in total. The van der Waals surface area contributed by atoms with Crippen LogP contribution in [0.3, 0.4) is 0 Å². The second-order valence-electron chi connectivity index (χ2n) is 5.48. The van der Waals surface area contributed by atoms with E-state index in [1.54, 1.807) is 12.1 Å². The molecule has 1 aliphatic rings. The number of ether oxygens (including phenoxy) is 1. The van der Waals surface area contributed by atoms with E-state index >= 15 is 0 Å². The van der Waals surface area contributed by atoms with Gasteiger partial charge in [-0.15, -0.1) is 0 Å². The topological polar surface area (TPSA) is 69.4 Å². The minimum atomic E-state index is -0.390. The van der Waals surface area contributed by atoms with Crippen molar-refractivity contribution in [1.82, 2.24) is 0 Å². The summed E-state index contributed by atoms with van der Waals surface area (Å²) in [6, 6.07) is 7.56. The molecule has 20 heavy (non-hydrogen) atoms. The summed E-state index contributed by atoms with van der Waals surface area (Å²) < 4.78 is 4.72. The van der Waals surface area contributed by atoms with E-state index in [1.807, 2.05) is 12.1 Å². The van der Waals surface area contributed by atoms with Crippen LogP contribution in [0.4, 0.5) is 0 Å².